The van der Waals surface area contributed by atoms with Crippen molar-refractivity contribution in [3.63, 3.8) is 0 Å². The van der Waals surface area contributed by atoms with Crippen molar-refractivity contribution in [3.05, 3.63) is 27.7 Å². The highest BCUT2D eigenvalue weighted by Gasteiger charge is 2.37. The monoisotopic (exact) mass is 369 g/mol. The summed E-state index contributed by atoms with van der Waals surface area (Å²) in [6.07, 6.45) is 1.03. The van der Waals surface area contributed by atoms with Gasteiger partial charge in [0.25, 0.3) is 0 Å². The largest absolute Gasteiger partial charge is 0.490 e. The van der Waals surface area contributed by atoms with Gasteiger partial charge in [0.05, 0.1) is 22.7 Å². The molecule has 2 heterocycles. The van der Waals surface area contributed by atoms with Gasteiger partial charge in [0.2, 0.25) is 0 Å². The number of nitrogens with one attached hydrogen (secondary N) is 1. The zero-order valence-corrected chi connectivity index (χ0v) is 16.0. The molecule has 2 atom stereocenters. The third-order valence-electron chi connectivity index (χ3n) is 4.70. The molecule has 4 nitrogen and oxygen atoms in total. The predicted molar refractivity (Wildman–Crippen MR) is 100 cm³/mol. The molecule has 2 unspecified atom stereocenters. The van der Waals surface area contributed by atoms with Crippen molar-refractivity contribution in [1.29, 1.82) is 0 Å². The smallest absolute Gasteiger partial charge is 0.156 e. The number of hydrogen-bond acceptors (Lipinski definition) is 4. The Labute approximate surface area is 154 Å². The lowest BCUT2D eigenvalue weighted by atomic mass is 9.86. The summed E-state index contributed by atoms with van der Waals surface area (Å²) >= 11 is 12.9. The van der Waals surface area contributed by atoms with Crippen LogP contribution >= 0.6 is 23.2 Å². The first-order valence-corrected chi connectivity index (χ1v) is 9.41. The predicted octanol–water partition coefficient (Wildman–Crippen LogP) is 4.37. The average molecular weight is 370 g/mol. The molecule has 3 rings (SSSR count). The van der Waals surface area contributed by atoms with Gasteiger partial charge in [-0.15, -0.1) is 0 Å². The first-order valence-electron chi connectivity index (χ1n) is 8.65. The molecule has 1 aromatic carbocycles. The van der Waals surface area contributed by atoms with Gasteiger partial charge in [0.15, 0.2) is 5.75 Å². The average Bonchev–Trinajstić information content (AvgIpc) is 2.96. The second-order valence-electron chi connectivity index (χ2n) is 6.98. The van der Waals surface area contributed by atoms with Crippen LogP contribution < -0.4 is 10.2 Å². The minimum absolute atomic E-state index is 0.128. The maximum Gasteiger partial charge on any atom is 0.156 e. The Morgan fingerprint density at radius 3 is 2.67 bits per heavy atom. The van der Waals surface area contributed by atoms with Crippen LogP contribution in [0, 0.1) is 11.8 Å². The van der Waals surface area contributed by atoms with Gasteiger partial charge in [0, 0.05) is 31.1 Å². The SMILES string of the molecule is CCN1CCC2=NNC(c3cc(Cl)c(OCC(C)C)c(Cl)c3)C2C1. The number of likely N-dealkylation sites (tertiary alicyclic amines) is 1. The molecule has 2 aliphatic heterocycles. The second kappa shape index (κ2) is 7.51. The highest BCUT2D eigenvalue weighted by atomic mass is 35.5. The molecule has 0 spiro atoms. The number of rotatable bonds is 5. The van der Waals surface area contributed by atoms with Crippen molar-refractivity contribution in [3.8, 4) is 5.75 Å². The molecule has 1 N–H and O–H groups in total. The van der Waals surface area contributed by atoms with Crippen LogP contribution in [-0.4, -0.2) is 36.9 Å². The van der Waals surface area contributed by atoms with E-state index in [1.165, 1.54) is 5.71 Å². The highest BCUT2D eigenvalue weighted by Crippen LogP contribution is 2.40. The third-order valence-corrected chi connectivity index (χ3v) is 5.27. The maximum absolute atomic E-state index is 6.44. The van der Waals surface area contributed by atoms with E-state index in [-0.39, 0.29) is 6.04 Å². The van der Waals surface area contributed by atoms with E-state index in [1.807, 2.05) is 12.1 Å². The molecule has 0 amide bonds. The molecule has 2 aliphatic rings. The molecule has 0 aliphatic carbocycles. The number of nitrogens with zero attached hydrogens (tertiary/aromatic N) is 2. The van der Waals surface area contributed by atoms with Crippen LogP contribution in [-0.2, 0) is 0 Å². The number of hydrazone groups is 1. The van der Waals surface area contributed by atoms with E-state index in [9.17, 15) is 0 Å². The van der Waals surface area contributed by atoms with Crippen LogP contribution in [0.15, 0.2) is 17.2 Å². The van der Waals surface area contributed by atoms with Gasteiger partial charge in [-0.1, -0.05) is 44.0 Å². The molecule has 0 aromatic heterocycles. The van der Waals surface area contributed by atoms with E-state index in [0.717, 1.165) is 31.6 Å². The van der Waals surface area contributed by atoms with Crippen LogP contribution in [0.25, 0.3) is 0 Å². The van der Waals surface area contributed by atoms with Crippen molar-refractivity contribution in [2.75, 3.05) is 26.2 Å². The van der Waals surface area contributed by atoms with E-state index in [2.05, 4.69) is 36.2 Å². The van der Waals surface area contributed by atoms with E-state index < -0.39 is 0 Å². The van der Waals surface area contributed by atoms with E-state index in [1.54, 1.807) is 0 Å². The van der Waals surface area contributed by atoms with Gasteiger partial charge in [-0.2, -0.15) is 5.10 Å². The molecule has 1 aromatic rings. The van der Waals surface area contributed by atoms with E-state index in [0.29, 0.717) is 34.2 Å². The summed E-state index contributed by atoms with van der Waals surface area (Å²) in [4.78, 5) is 2.47. The molecule has 24 heavy (non-hydrogen) atoms. The minimum Gasteiger partial charge on any atom is -0.490 e. The molecule has 6 heteroatoms. The minimum atomic E-state index is 0.128. The summed E-state index contributed by atoms with van der Waals surface area (Å²) in [5.74, 6) is 1.38. The number of hydrogen-bond donors (Lipinski definition) is 1. The summed E-state index contributed by atoms with van der Waals surface area (Å²) in [5, 5.41) is 5.68. The molecule has 0 saturated carbocycles. The summed E-state index contributed by atoms with van der Waals surface area (Å²) in [7, 11) is 0. The van der Waals surface area contributed by atoms with E-state index in [4.69, 9.17) is 27.9 Å². The van der Waals surface area contributed by atoms with Crippen LogP contribution in [0.3, 0.4) is 0 Å². The summed E-state index contributed by atoms with van der Waals surface area (Å²) in [6.45, 7) is 10.2. The summed E-state index contributed by atoms with van der Waals surface area (Å²) in [6, 6.07) is 4.05. The van der Waals surface area contributed by atoms with Crippen LogP contribution in [0.2, 0.25) is 10.0 Å². The van der Waals surface area contributed by atoms with Crippen LogP contribution in [0.4, 0.5) is 0 Å². The van der Waals surface area contributed by atoms with Crippen molar-refractivity contribution in [1.82, 2.24) is 10.3 Å². The lowest BCUT2D eigenvalue weighted by Gasteiger charge is -2.33. The van der Waals surface area contributed by atoms with Gasteiger partial charge in [-0.3, -0.25) is 0 Å². The van der Waals surface area contributed by atoms with Gasteiger partial charge in [0.1, 0.15) is 0 Å². The zero-order valence-electron chi connectivity index (χ0n) is 14.5. The third kappa shape index (κ3) is 3.66. The van der Waals surface area contributed by atoms with Gasteiger partial charge < -0.3 is 15.1 Å². The Hall–Kier alpha value is -0.970. The Bertz CT molecular complexity index is 610. The fourth-order valence-corrected chi connectivity index (χ4v) is 3.97. The number of benzene rings is 1. The topological polar surface area (TPSA) is 36.9 Å². The fraction of sp³-hybridized carbons (Fsp3) is 0.611. The van der Waals surface area contributed by atoms with Crippen molar-refractivity contribution in [2.24, 2.45) is 16.9 Å². The summed E-state index contributed by atoms with van der Waals surface area (Å²) in [5.41, 5.74) is 5.62. The lowest BCUT2D eigenvalue weighted by Crippen LogP contribution is -2.41. The molecular weight excluding hydrogens is 345 g/mol. The molecule has 1 saturated heterocycles. The number of ether oxygens (including phenoxy) is 1. The molecule has 0 bridgehead atoms. The highest BCUT2D eigenvalue weighted by molar-refractivity contribution is 6.37. The van der Waals surface area contributed by atoms with Crippen molar-refractivity contribution >= 4 is 28.9 Å². The summed E-state index contributed by atoms with van der Waals surface area (Å²) < 4.78 is 5.77. The second-order valence-corrected chi connectivity index (χ2v) is 7.79. The Kier molecular flexibility index (Phi) is 5.58. The first-order chi connectivity index (χ1) is 11.5. The van der Waals surface area contributed by atoms with Crippen molar-refractivity contribution in [2.45, 2.75) is 33.2 Å². The molecule has 0 radical (unpaired) electrons. The van der Waals surface area contributed by atoms with Crippen LogP contribution in [0.5, 0.6) is 5.75 Å². The zero-order chi connectivity index (χ0) is 17.3. The van der Waals surface area contributed by atoms with Gasteiger partial charge >= 0.3 is 0 Å². The fourth-order valence-electron chi connectivity index (χ4n) is 3.35. The van der Waals surface area contributed by atoms with Crippen molar-refractivity contribution < 1.29 is 4.74 Å². The number of fused-ring (bicyclic) bond motifs is 1. The maximum atomic E-state index is 6.44. The molecule has 132 valence electrons. The van der Waals surface area contributed by atoms with E-state index >= 15 is 0 Å². The van der Waals surface area contributed by atoms with Gasteiger partial charge in [-0.25, -0.2) is 0 Å². The normalized spacial score (nSPS) is 23.8. The number of halogens is 2. The molecule has 1 fully saturated rings. The first kappa shape index (κ1) is 17.8. The van der Waals surface area contributed by atoms with Crippen LogP contribution in [0.1, 0.15) is 38.8 Å². The van der Waals surface area contributed by atoms with Gasteiger partial charge in [-0.05, 0) is 30.2 Å². The molecular formula is C18H25Cl2N3O. The lowest BCUT2D eigenvalue weighted by molar-refractivity contribution is 0.238. The number of piperidine rings is 1. The Balaban J connectivity index is 1.80. The Morgan fingerprint density at radius 1 is 1.33 bits per heavy atom. The standard InChI is InChI=1S/C18H25Cl2N3O/c1-4-23-6-5-16-13(9-23)17(22-21-16)12-7-14(19)18(15(20)8-12)24-10-11(2)3/h7-8,11,13,17,22H,4-6,9-10H2,1-3H3. The Morgan fingerprint density at radius 2 is 2.04 bits per heavy atom. The quantitative estimate of drug-likeness (QED) is 0.836.